The molecule has 2 aromatic rings. The lowest BCUT2D eigenvalue weighted by molar-refractivity contribution is -0.141. The molecule has 1 aromatic heterocycles. The molecule has 17 heavy (non-hydrogen) atoms. The summed E-state index contributed by atoms with van der Waals surface area (Å²) in [5.41, 5.74) is 1.62. The van der Waals surface area contributed by atoms with Gasteiger partial charge in [-0.3, -0.25) is 4.79 Å². The number of aromatic nitrogens is 1. The normalized spacial score (nSPS) is 12.9. The summed E-state index contributed by atoms with van der Waals surface area (Å²) >= 11 is 0. The number of benzene rings is 1. The maximum absolute atomic E-state index is 13.5. The van der Waals surface area contributed by atoms with Crippen molar-refractivity contribution in [3.8, 4) is 0 Å². The van der Waals surface area contributed by atoms with Gasteiger partial charge in [0.15, 0.2) is 0 Å². The molecule has 1 heterocycles. The number of hydrogen-bond donors (Lipinski definition) is 1. The number of carboxylic acid groups (broad SMARTS) is 1. The van der Waals surface area contributed by atoms with Crippen LogP contribution in [0.15, 0.2) is 24.3 Å². The van der Waals surface area contributed by atoms with E-state index in [9.17, 15) is 9.18 Å². The molecule has 0 aliphatic heterocycles. The summed E-state index contributed by atoms with van der Waals surface area (Å²) in [7, 11) is 1.83. The first-order valence-corrected chi connectivity index (χ1v) is 5.46. The number of hydrogen-bond acceptors (Lipinski definition) is 1. The quantitative estimate of drug-likeness (QED) is 0.888. The van der Waals surface area contributed by atoms with Gasteiger partial charge in [0, 0.05) is 24.5 Å². The summed E-state index contributed by atoms with van der Waals surface area (Å²) in [4.78, 5) is 10.8. The van der Waals surface area contributed by atoms with Crippen LogP contribution >= 0.6 is 0 Å². The lowest BCUT2D eigenvalue weighted by atomic mass is 10.1. The van der Waals surface area contributed by atoms with E-state index in [0.29, 0.717) is 11.8 Å². The molecular weight excluding hydrogens is 221 g/mol. The van der Waals surface area contributed by atoms with Crippen LogP contribution in [0.2, 0.25) is 0 Å². The molecule has 3 nitrogen and oxygen atoms in total. The first-order chi connectivity index (χ1) is 8.00. The number of aryl methyl sites for hydroxylation is 1. The SMILES string of the molecule is CC(Cc1cc2c(F)cccc2n1C)C(=O)O. The van der Waals surface area contributed by atoms with Gasteiger partial charge in [-0.2, -0.15) is 0 Å². The van der Waals surface area contributed by atoms with Crippen LogP contribution in [-0.4, -0.2) is 15.6 Å². The van der Waals surface area contributed by atoms with Crippen molar-refractivity contribution in [2.75, 3.05) is 0 Å². The minimum Gasteiger partial charge on any atom is -0.481 e. The van der Waals surface area contributed by atoms with E-state index in [4.69, 9.17) is 5.11 Å². The molecule has 1 aromatic carbocycles. The fourth-order valence-corrected chi connectivity index (χ4v) is 1.98. The van der Waals surface area contributed by atoms with Crippen LogP contribution in [0.5, 0.6) is 0 Å². The Bertz CT molecular complexity index is 574. The van der Waals surface area contributed by atoms with E-state index in [1.54, 1.807) is 19.1 Å². The summed E-state index contributed by atoms with van der Waals surface area (Å²) in [6.07, 6.45) is 0.403. The van der Waals surface area contributed by atoms with Crippen LogP contribution in [0.4, 0.5) is 4.39 Å². The fourth-order valence-electron chi connectivity index (χ4n) is 1.98. The van der Waals surface area contributed by atoms with Crippen molar-refractivity contribution in [3.05, 3.63) is 35.8 Å². The van der Waals surface area contributed by atoms with E-state index in [0.717, 1.165) is 11.2 Å². The Balaban J connectivity index is 2.46. The van der Waals surface area contributed by atoms with E-state index in [1.807, 2.05) is 17.7 Å². The first kappa shape index (κ1) is 11.6. The third-order valence-electron chi connectivity index (χ3n) is 3.07. The Labute approximate surface area is 98.5 Å². The van der Waals surface area contributed by atoms with Gasteiger partial charge >= 0.3 is 5.97 Å². The molecule has 0 saturated heterocycles. The molecule has 0 bridgehead atoms. The third-order valence-corrected chi connectivity index (χ3v) is 3.07. The monoisotopic (exact) mass is 235 g/mol. The van der Waals surface area contributed by atoms with E-state index in [-0.39, 0.29) is 5.82 Å². The summed E-state index contributed by atoms with van der Waals surface area (Å²) in [6.45, 7) is 1.65. The van der Waals surface area contributed by atoms with E-state index >= 15 is 0 Å². The average molecular weight is 235 g/mol. The number of fused-ring (bicyclic) bond motifs is 1. The van der Waals surface area contributed by atoms with Crippen molar-refractivity contribution >= 4 is 16.9 Å². The van der Waals surface area contributed by atoms with Crippen molar-refractivity contribution in [1.29, 1.82) is 0 Å². The molecule has 0 radical (unpaired) electrons. The van der Waals surface area contributed by atoms with Gasteiger partial charge < -0.3 is 9.67 Å². The largest absolute Gasteiger partial charge is 0.481 e. The molecule has 1 unspecified atom stereocenters. The zero-order valence-electron chi connectivity index (χ0n) is 9.77. The van der Waals surface area contributed by atoms with Gasteiger partial charge in [0.25, 0.3) is 0 Å². The predicted molar refractivity (Wildman–Crippen MR) is 63.4 cm³/mol. The van der Waals surface area contributed by atoms with Crippen LogP contribution in [0.3, 0.4) is 0 Å². The Hall–Kier alpha value is -1.84. The van der Waals surface area contributed by atoms with Crippen LogP contribution in [0.25, 0.3) is 10.9 Å². The molecule has 1 N–H and O–H groups in total. The topological polar surface area (TPSA) is 42.2 Å². The van der Waals surface area contributed by atoms with Gasteiger partial charge in [-0.05, 0) is 18.2 Å². The second-order valence-corrected chi connectivity index (χ2v) is 4.31. The highest BCUT2D eigenvalue weighted by Crippen LogP contribution is 2.23. The summed E-state index contributed by atoms with van der Waals surface area (Å²) in [5, 5.41) is 9.42. The lowest BCUT2D eigenvalue weighted by Crippen LogP contribution is -2.13. The van der Waals surface area contributed by atoms with Crippen molar-refractivity contribution < 1.29 is 14.3 Å². The standard InChI is InChI=1S/C13H14FNO2/c1-8(13(16)17)6-9-7-10-11(14)4-3-5-12(10)15(9)2/h3-5,7-8H,6H2,1-2H3,(H,16,17). The van der Waals surface area contributed by atoms with Crippen molar-refractivity contribution in [1.82, 2.24) is 4.57 Å². The predicted octanol–water partition coefficient (Wildman–Crippen LogP) is 2.58. The van der Waals surface area contributed by atoms with E-state index in [2.05, 4.69) is 0 Å². The van der Waals surface area contributed by atoms with Gasteiger partial charge in [-0.15, -0.1) is 0 Å². The number of nitrogens with zero attached hydrogens (tertiary/aromatic N) is 1. The Morgan fingerprint density at radius 2 is 2.24 bits per heavy atom. The van der Waals surface area contributed by atoms with E-state index in [1.165, 1.54) is 6.07 Å². The Morgan fingerprint density at radius 3 is 2.82 bits per heavy atom. The number of aliphatic carboxylic acids is 1. The number of halogens is 1. The van der Waals surface area contributed by atoms with Gasteiger partial charge in [-0.25, -0.2) is 4.39 Å². The molecule has 4 heteroatoms. The second-order valence-electron chi connectivity index (χ2n) is 4.31. The van der Waals surface area contributed by atoms with Crippen molar-refractivity contribution in [3.63, 3.8) is 0 Å². The average Bonchev–Trinajstić information content (AvgIpc) is 2.58. The highest BCUT2D eigenvalue weighted by molar-refractivity contribution is 5.82. The van der Waals surface area contributed by atoms with Gasteiger partial charge in [0.2, 0.25) is 0 Å². The second kappa shape index (κ2) is 4.20. The highest BCUT2D eigenvalue weighted by atomic mass is 19.1. The van der Waals surface area contributed by atoms with E-state index < -0.39 is 11.9 Å². The molecule has 0 aliphatic carbocycles. The van der Waals surface area contributed by atoms with Crippen LogP contribution in [-0.2, 0) is 18.3 Å². The third kappa shape index (κ3) is 2.02. The van der Waals surface area contributed by atoms with Gasteiger partial charge in [0.05, 0.1) is 11.4 Å². The zero-order chi connectivity index (χ0) is 12.6. The van der Waals surface area contributed by atoms with Gasteiger partial charge in [-0.1, -0.05) is 13.0 Å². The molecule has 0 amide bonds. The van der Waals surface area contributed by atoms with Gasteiger partial charge in [0.1, 0.15) is 5.82 Å². The molecular formula is C13H14FNO2. The Kier molecular flexibility index (Phi) is 2.88. The molecule has 1 atom stereocenters. The molecule has 0 aliphatic rings. The van der Waals surface area contributed by atoms with Crippen LogP contribution in [0.1, 0.15) is 12.6 Å². The maximum atomic E-state index is 13.5. The number of carbonyl (C=O) groups is 1. The Morgan fingerprint density at radius 1 is 1.53 bits per heavy atom. The zero-order valence-corrected chi connectivity index (χ0v) is 9.77. The van der Waals surface area contributed by atoms with Crippen molar-refractivity contribution in [2.45, 2.75) is 13.3 Å². The summed E-state index contributed by atoms with van der Waals surface area (Å²) in [5.74, 6) is -1.58. The van der Waals surface area contributed by atoms with Crippen LogP contribution in [0, 0.1) is 11.7 Å². The molecule has 0 saturated carbocycles. The minimum atomic E-state index is -0.837. The first-order valence-electron chi connectivity index (χ1n) is 5.46. The number of carboxylic acids is 1. The summed E-state index contributed by atoms with van der Waals surface area (Å²) < 4.78 is 15.4. The minimum absolute atomic E-state index is 0.271. The molecule has 2 rings (SSSR count). The highest BCUT2D eigenvalue weighted by Gasteiger charge is 2.16. The lowest BCUT2D eigenvalue weighted by Gasteiger charge is -2.07. The maximum Gasteiger partial charge on any atom is 0.306 e. The van der Waals surface area contributed by atoms with Crippen molar-refractivity contribution in [2.24, 2.45) is 13.0 Å². The summed E-state index contributed by atoms with van der Waals surface area (Å²) in [6, 6.07) is 6.62. The molecule has 90 valence electrons. The smallest absolute Gasteiger partial charge is 0.306 e. The fraction of sp³-hybridized carbons (Fsp3) is 0.308. The van der Waals surface area contributed by atoms with Crippen LogP contribution < -0.4 is 0 Å². The molecule has 0 spiro atoms. The number of rotatable bonds is 3. The molecule has 0 fully saturated rings.